The smallest absolute Gasteiger partial charge is 0.000671 e. The third-order valence-corrected chi connectivity index (χ3v) is 5.34. The van der Waals surface area contributed by atoms with Gasteiger partial charge in [-0.3, -0.25) is 0 Å². The highest BCUT2D eigenvalue weighted by atomic mass is 15.1. The zero-order valence-corrected chi connectivity index (χ0v) is 18.6. The number of unbranched alkanes of at least 4 members (excludes halogenated alkanes) is 12. The minimum atomic E-state index is 0.798. The van der Waals surface area contributed by atoms with Gasteiger partial charge in [-0.05, 0) is 77.7 Å². The van der Waals surface area contributed by atoms with Crippen LogP contribution in [0.25, 0.3) is 0 Å². The van der Waals surface area contributed by atoms with Gasteiger partial charge < -0.3 is 16.4 Å². The van der Waals surface area contributed by atoms with Crippen LogP contribution in [-0.2, 0) is 0 Å². The lowest BCUT2D eigenvalue weighted by Crippen LogP contribution is -2.29. The standard InChI is InChI=1S/C24H51N3/c1-2-3-4-5-6-7-8-9-10-11-12-13-14-15-16-17-22-27(23-18-20-25)24-19-21-26/h9-10H,2-8,11-26H2,1H3/b10-9+. The fraction of sp³-hybridized carbons (Fsp3) is 0.917. The van der Waals surface area contributed by atoms with E-state index in [1.807, 2.05) is 0 Å². The number of allylic oxidation sites excluding steroid dienone is 2. The fourth-order valence-corrected chi connectivity index (χ4v) is 3.55. The Balaban J connectivity index is 3.34. The molecule has 0 spiro atoms. The first-order valence-electron chi connectivity index (χ1n) is 12.1. The molecule has 0 unspecified atom stereocenters. The molecule has 3 nitrogen and oxygen atoms in total. The number of hydrogen-bond acceptors (Lipinski definition) is 3. The van der Waals surface area contributed by atoms with E-state index in [0.29, 0.717) is 0 Å². The Bertz CT molecular complexity index is 283. The molecule has 0 saturated heterocycles. The number of hydrogen-bond donors (Lipinski definition) is 2. The van der Waals surface area contributed by atoms with Gasteiger partial charge in [0.25, 0.3) is 0 Å². The largest absolute Gasteiger partial charge is 0.330 e. The van der Waals surface area contributed by atoms with Gasteiger partial charge in [-0.15, -0.1) is 0 Å². The number of nitrogens with two attached hydrogens (primary N) is 2. The Hall–Kier alpha value is -0.380. The molecular formula is C24H51N3. The Morgan fingerprint density at radius 1 is 0.519 bits per heavy atom. The second-order valence-electron chi connectivity index (χ2n) is 8.06. The van der Waals surface area contributed by atoms with Crippen molar-refractivity contribution < 1.29 is 0 Å². The third kappa shape index (κ3) is 21.8. The first-order chi connectivity index (χ1) is 13.3. The van der Waals surface area contributed by atoms with Crippen molar-refractivity contribution in [2.75, 3.05) is 32.7 Å². The summed E-state index contributed by atoms with van der Waals surface area (Å²) in [5, 5.41) is 0. The molecule has 0 atom stereocenters. The van der Waals surface area contributed by atoms with Crippen molar-refractivity contribution in [1.82, 2.24) is 4.90 Å². The highest BCUT2D eigenvalue weighted by molar-refractivity contribution is 4.81. The summed E-state index contributed by atoms with van der Waals surface area (Å²) in [6.07, 6.45) is 26.3. The molecule has 0 saturated carbocycles. The van der Waals surface area contributed by atoms with Crippen molar-refractivity contribution >= 4 is 0 Å². The molecule has 0 aliphatic heterocycles. The maximum atomic E-state index is 5.64. The lowest BCUT2D eigenvalue weighted by molar-refractivity contribution is 0.263. The summed E-state index contributed by atoms with van der Waals surface area (Å²) in [4.78, 5) is 2.55. The molecule has 27 heavy (non-hydrogen) atoms. The first-order valence-corrected chi connectivity index (χ1v) is 12.1. The van der Waals surface area contributed by atoms with E-state index in [1.54, 1.807) is 0 Å². The molecule has 162 valence electrons. The van der Waals surface area contributed by atoms with Crippen LogP contribution in [0.4, 0.5) is 0 Å². The lowest BCUT2D eigenvalue weighted by Gasteiger charge is -2.21. The van der Waals surface area contributed by atoms with Gasteiger partial charge in [-0.1, -0.05) is 76.9 Å². The predicted octanol–water partition coefficient (Wildman–Crippen LogP) is 6.02. The maximum Gasteiger partial charge on any atom is -0.000671 e. The van der Waals surface area contributed by atoms with Crippen molar-refractivity contribution in [3.63, 3.8) is 0 Å². The molecular weight excluding hydrogens is 330 g/mol. The van der Waals surface area contributed by atoms with Crippen LogP contribution in [-0.4, -0.2) is 37.6 Å². The lowest BCUT2D eigenvalue weighted by atomic mass is 10.1. The van der Waals surface area contributed by atoms with E-state index < -0.39 is 0 Å². The molecule has 3 heteroatoms. The highest BCUT2D eigenvalue weighted by Crippen LogP contribution is 2.10. The van der Waals surface area contributed by atoms with Gasteiger partial charge in [0.05, 0.1) is 0 Å². The van der Waals surface area contributed by atoms with Crippen molar-refractivity contribution in [3.8, 4) is 0 Å². The summed E-state index contributed by atoms with van der Waals surface area (Å²) < 4.78 is 0. The SMILES string of the molecule is CCCCCCCC/C=C/CCCCCCCCN(CCCN)CCCN. The molecule has 0 aliphatic carbocycles. The third-order valence-electron chi connectivity index (χ3n) is 5.34. The second-order valence-corrected chi connectivity index (χ2v) is 8.06. The summed E-state index contributed by atoms with van der Waals surface area (Å²) >= 11 is 0. The molecule has 0 aromatic heterocycles. The molecule has 0 aromatic rings. The van der Waals surface area contributed by atoms with Gasteiger partial charge in [0, 0.05) is 0 Å². The van der Waals surface area contributed by atoms with Crippen LogP contribution >= 0.6 is 0 Å². The van der Waals surface area contributed by atoms with Crippen LogP contribution in [0.2, 0.25) is 0 Å². The van der Waals surface area contributed by atoms with Gasteiger partial charge in [0.15, 0.2) is 0 Å². The van der Waals surface area contributed by atoms with Crippen LogP contribution in [0, 0.1) is 0 Å². The Morgan fingerprint density at radius 2 is 0.926 bits per heavy atom. The molecule has 0 bridgehead atoms. The minimum absolute atomic E-state index is 0.798. The van der Waals surface area contributed by atoms with Gasteiger partial charge >= 0.3 is 0 Å². The van der Waals surface area contributed by atoms with E-state index in [4.69, 9.17) is 11.5 Å². The average molecular weight is 382 g/mol. The Morgan fingerprint density at radius 3 is 1.41 bits per heavy atom. The number of rotatable bonds is 22. The van der Waals surface area contributed by atoms with Crippen molar-refractivity contribution in [1.29, 1.82) is 0 Å². The van der Waals surface area contributed by atoms with Crippen molar-refractivity contribution in [2.24, 2.45) is 11.5 Å². The second kappa shape index (κ2) is 23.7. The maximum absolute atomic E-state index is 5.64. The van der Waals surface area contributed by atoms with Crippen LogP contribution in [0.5, 0.6) is 0 Å². The van der Waals surface area contributed by atoms with E-state index in [0.717, 1.165) is 39.0 Å². The minimum Gasteiger partial charge on any atom is -0.330 e. The summed E-state index contributed by atoms with van der Waals surface area (Å²) in [5.74, 6) is 0. The van der Waals surface area contributed by atoms with Crippen LogP contribution < -0.4 is 11.5 Å². The van der Waals surface area contributed by atoms with E-state index in [-0.39, 0.29) is 0 Å². The topological polar surface area (TPSA) is 55.3 Å². The molecule has 0 amide bonds. The number of nitrogens with zero attached hydrogens (tertiary/aromatic N) is 1. The highest BCUT2D eigenvalue weighted by Gasteiger charge is 2.03. The summed E-state index contributed by atoms with van der Waals surface area (Å²) in [7, 11) is 0. The normalized spacial score (nSPS) is 11.9. The van der Waals surface area contributed by atoms with Gasteiger partial charge in [-0.2, -0.15) is 0 Å². The zero-order valence-electron chi connectivity index (χ0n) is 18.6. The van der Waals surface area contributed by atoms with Crippen molar-refractivity contribution in [3.05, 3.63) is 12.2 Å². The molecule has 0 fully saturated rings. The van der Waals surface area contributed by atoms with Crippen LogP contribution in [0.15, 0.2) is 12.2 Å². The first kappa shape index (κ1) is 26.6. The van der Waals surface area contributed by atoms with Gasteiger partial charge in [0.2, 0.25) is 0 Å². The van der Waals surface area contributed by atoms with E-state index >= 15 is 0 Å². The summed E-state index contributed by atoms with van der Waals surface area (Å²) in [6, 6.07) is 0. The van der Waals surface area contributed by atoms with Crippen LogP contribution in [0.3, 0.4) is 0 Å². The predicted molar refractivity (Wildman–Crippen MR) is 123 cm³/mol. The molecule has 0 aliphatic rings. The summed E-state index contributed by atoms with van der Waals surface area (Å²) in [6.45, 7) is 7.38. The van der Waals surface area contributed by atoms with Gasteiger partial charge in [0.1, 0.15) is 0 Å². The van der Waals surface area contributed by atoms with E-state index in [9.17, 15) is 0 Å². The quantitative estimate of drug-likeness (QED) is 0.178. The molecule has 0 heterocycles. The van der Waals surface area contributed by atoms with E-state index in [2.05, 4.69) is 24.0 Å². The molecule has 0 aromatic carbocycles. The summed E-state index contributed by atoms with van der Waals surface area (Å²) in [5.41, 5.74) is 11.3. The average Bonchev–Trinajstić information content (AvgIpc) is 2.69. The zero-order chi connectivity index (χ0) is 19.8. The molecule has 0 rings (SSSR count). The fourth-order valence-electron chi connectivity index (χ4n) is 3.55. The molecule has 0 radical (unpaired) electrons. The van der Waals surface area contributed by atoms with Crippen molar-refractivity contribution in [2.45, 2.75) is 110 Å². The van der Waals surface area contributed by atoms with Crippen LogP contribution in [0.1, 0.15) is 110 Å². The van der Waals surface area contributed by atoms with E-state index in [1.165, 1.54) is 96.4 Å². The Kier molecular flexibility index (Phi) is 23.3. The molecule has 4 N–H and O–H groups in total. The Labute approximate surface area is 171 Å². The van der Waals surface area contributed by atoms with Gasteiger partial charge in [-0.25, -0.2) is 0 Å². The monoisotopic (exact) mass is 381 g/mol.